The number of ketones is 1. The summed E-state index contributed by atoms with van der Waals surface area (Å²) in [5.41, 5.74) is 5.66. The molecule has 0 N–H and O–H groups in total. The second kappa shape index (κ2) is 8.88. The van der Waals surface area contributed by atoms with Crippen molar-refractivity contribution in [1.82, 2.24) is 4.90 Å². The third-order valence-electron chi connectivity index (χ3n) is 7.16. The second-order valence-corrected chi connectivity index (χ2v) is 10.1. The predicted octanol–water partition coefficient (Wildman–Crippen LogP) is 5.75. The molecule has 1 aliphatic carbocycles. The minimum atomic E-state index is -0.425. The van der Waals surface area contributed by atoms with Crippen LogP contribution in [-0.2, 0) is 16.6 Å². The van der Waals surface area contributed by atoms with Gasteiger partial charge in [0.05, 0.1) is 5.41 Å². The molecule has 0 radical (unpaired) electrons. The first kappa shape index (κ1) is 23.2. The molecule has 5 heteroatoms. The van der Waals surface area contributed by atoms with Gasteiger partial charge < -0.3 is 14.4 Å². The minimum Gasteiger partial charge on any atom is -0.454 e. The van der Waals surface area contributed by atoms with Crippen molar-refractivity contribution in [2.24, 2.45) is 0 Å². The zero-order valence-corrected chi connectivity index (χ0v) is 20.8. The van der Waals surface area contributed by atoms with Crippen LogP contribution >= 0.6 is 0 Å². The maximum absolute atomic E-state index is 13.5. The molecule has 0 atom stereocenters. The summed E-state index contributed by atoms with van der Waals surface area (Å²) in [4.78, 5) is 27.4. The molecule has 0 aromatic heterocycles. The summed E-state index contributed by atoms with van der Waals surface area (Å²) in [5.74, 6) is 2.02. The van der Waals surface area contributed by atoms with Crippen molar-refractivity contribution in [3.63, 3.8) is 0 Å². The van der Waals surface area contributed by atoms with Crippen LogP contribution in [0.5, 0.6) is 11.5 Å². The van der Waals surface area contributed by atoms with Gasteiger partial charge in [0, 0.05) is 26.1 Å². The minimum absolute atomic E-state index is 0.0155. The summed E-state index contributed by atoms with van der Waals surface area (Å²) in [7, 11) is 3.51. The number of carbonyl (C=O) groups excluding carboxylic acids is 2. The van der Waals surface area contributed by atoms with Crippen molar-refractivity contribution in [1.29, 1.82) is 0 Å². The number of nitrogens with zero attached hydrogens (tertiary/aromatic N) is 1. The van der Waals surface area contributed by atoms with Crippen LogP contribution < -0.4 is 9.47 Å². The topological polar surface area (TPSA) is 55.8 Å². The van der Waals surface area contributed by atoms with Crippen LogP contribution in [0.1, 0.15) is 59.7 Å². The summed E-state index contributed by atoms with van der Waals surface area (Å²) in [6, 6.07) is 20.0. The molecule has 0 bridgehead atoms. The fraction of sp³-hybridized carbons (Fsp3) is 0.333. The Kier molecular flexibility index (Phi) is 5.87. The number of fused-ring (bicyclic) bond motifs is 1. The van der Waals surface area contributed by atoms with Crippen molar-refractivity contribution < 1.29 is 19.1 Å². The summed E-state index contributed by atoms with van der Waals surface area (Å²) in [5, 5.41) is 0. The molecule has 3 aromatic rings. The lowest BCUT2D eigenvalue weighted by molar-refractivity contribution is -0.120. The van der Waals surface area contributed by atoms with Crippen molar-refractivity contribution in [3.8, 4) is 22.6 Å². The lowest BCUT2D eigenvalue weighted by Gasteiger charge is -2.18. The van der Waals surface area contributed by atoms with Gasteiger partial charge in [0.25, 0.3) is 5.91 Å². The van der Waals surface area contributed by atoms with Gasteiger partial charge in [0.15, 0.2) is 11.5 Å². The van der Waals surface area contributed by atoms with Gasteiger partial charge in [-0.3, -0.25) is 9.59 Å². The monoisotopic (exact) mass is 469 g/mol. The van der Waals surface area contributed by atoms with Crippen LogP contribution in [0, 0.1) is 0 Å². The number of Topliss-reactive ketones (excluding diaryl/α,β-unsaturated/α-hetero) is 1. The van der Waals surface area contributed by atoms with E-state index in [2.05, 4.69) is 32.0 Å². The van der Waals surface area contributed by atoms with E-state index in [0.717, 1.165) is 46.6 Å². The molecule has 1 heterocycles. The Morgan fingerprint density at radius 1 is 0.914 bits per heavy atom. The average molecular weight is 470 g/mol. The molecule has 1 aliphatic heterocycles. The molecular weight excluding hydrogens is 438 g/mol. The van der Waals surface area contributed by atoms with E-state index >= 15 is 0 Å². The van der Waals surface area contributed by atoms with Crippen molar-refractivity contribution in [2.75, 3.05) is 20.9 Å². The Balaban J connectivity index is 1.42. The van der Waals surface area contributed by atoms with Gasteiger partial charge in [-0.1, -0.05) is 50.2 Å². The largest absolute Gasteiger partial charge is 0.454 e. The molecule has 1 amide bonds. The highest BCUT2D eigenvalue weighted by Crippen LogP contribution is 2.51. The van der Waals surface area contributed by atoms with Gasteiger partial charge in [-0.15, -0.1) is 0 Å². The molecule has 0 spiro atoms. The number of benzene rings is 3. The van der Waals surface area contributed by atoms with E-state index in [0.29, 0.717) is 17.9 Å². The second-order valence-electron chi connectivity index (χ2n) is 10.1. The molecule has 1 saturated carbocycles. The summed E-state index contributed by atoms with van der Waals surface area (Å²) in [6.45, 7) is 4.58. The Bertz CT molecular complexity index is 1290. The van der Waals surface area contributed by atoms with Crippen LogP contribution in [0.3, 0.4) is 0 Å². The van der Waals surface area contributed by atoms with Crippen molar-refractivity contribution >= 4 is 11.7 Å². The number of hydrogen-bond donors (Lipinski definition) is 0. The summed E-state index contributed by atoms with van der Waals surface area (Å²) in [6.07, 6.45) is 2.12. The third-order valence-corrected chi connectivity index (χ3v) is 7.16. The van der Waals surface area contributed by atoms with Gasteiger partial charge in [0.1, 0.15) is 5.78 Å². The lowest BCUT2D eigenvalue weighted by Crippen LogP contribution is -2.22. The standard InChI is InChI=1S/C30H31NO4/c1-19(2)24-11-5-20(15-25(24)21-6-8-22(9-7-21)29(33)31(3)4)16-28(32)30(13-14-30)23-10-12-26-27(17-23)35-18-34-26/h5-12,15,17,19H,13-14,16,18H2,1-4H3. The molecule has 3 aromatic carbocycles. The van der Waals surface area contributed by atoms with E-state index in [1.807, 2.05) is 42.5 Å². The summed E-state index contributed by atoms with van der Waals surface area (Å²) >= 11 is 0. The Morgan fingerprint density at radius 2 is 1.63 bits per heavy atom. The van der Waals surface area contributed by atoms with Gasteiger partial charge in [-0.2, -0.15) is 0 Å². The molecule has 2 aliphatic rings. The van der Waals surface area contributed by atoms with E-state index in [4.69, 9.17) is 9.47 Å². The van der Waals surface area contributed by atoms with Crippen LogP contribution in [0.15, 0.2) is 60.7 Å². The van der Waals surface area contributed by atoms with Crippen LogP contribution in [0.2, 0.25) is 0 Å². The van der Waals surface area contributed by atoms with E-state index in [1.54, 1.807) is 19.0 Å². The highest BCUT2D eigenvalue weighted by atomic mass is 16.7. The molecule has 180 valence electrons. The quantitative estimate of drug-likeness (QED) is 0.442. The lowest BCUT2D eigenvalue weighted by atomic mass is 9.85. The zero-order valence-electron chi connectivity index (χ0n) is 20.8. The Labute approximate surface area is 206 Å². The van der Waals surface area contributed by atoms with Crippen molar-refractivity contribution in [3.05, 3.63) is 82.9 Å². The Morgan fingerprint density at radius 3 is 2.29 bits per heavy atom. The first-order valence-electron chi connectivity index (χ1n) is 12.2. The third kappa shape index (κ3) is 4.31. The fourth-order valence-corrected chi connectivity index (χ4v) is 4.92. The van der Waals surface area contributed by atoms with Gasteiger partial charge in [0.2, 0.25) is 6.79 Å². The van der Waals surface area contributed by atoms with E-state index in [1.165, 1.54) is 5.56 Å². The van der Waals surface area contributed by atoms with E-state index in [-0.39, 0.29) is 18.5 Å². The number of amides is 1. The maximum atomic E-state index is 13.5. The smallest absolute Gasteiger partial charge is 0.253 e. The van der Waals surface area contributed by atoms with Crippen LogP contribution in [0.25, 0.3) is 11.1 Å². The van der Waals surface area contributed by atoms with Gasteiger partial charge >= 0.3 is 0 Å². The number of carbonyl (C=O) groups is 2. The number of hydrogen-bond acceptors (Lipinski definition) is 4. The fourth-order valence-electron chi connectivity index (χ4n) is 4.92. The predicted molar refractivity (Wildman–Crippen MR) is 136 cm³/mol. The van der Waals surface area contributed by atoms with Crippen LogP contribution in [-0.4, -0.2) is 37.5 Å². The molecule has 5 rings (SSSR count). The van der Waals surface area contributed by atoms with E-state index < -0.39 is 5.41 Å². The van der Waals surface area contributed by atoms with Gasteiger partial charge in [-0.05, 0) is 70.8 Å². The molecular formula is C30H31NO4. The van der Waals surface area contributed by atoms with Crippen molar-refractivity contribution in [2.45, 2.75) is 44.4 Å². The first-order chi connectivity index (χ1) is 16.8. The summed E-state index contributed by atoms with van der Waals surface area (Å²) < 4.78 is 11.0. The normalized spacial score (nSPS) is 15.2. The SMILES string of the molecule is CC(C)c1ccc(CC(=O)C2(c3ccc4c(c3)OCO4)CC2)cc1-c1ccc(C(=O)N(C)C)cc1. The molecule has 5 nitrogen and oxygen atoms in total. The zero-order chi connectivity index (χ0) is 24.7. The Hall–Kier alpha value is -3.60. The van der Waals surface area contributed by atoms with Gasteiger partial charge in [-0.25, -0.2) is 0 Å². The molecule has 0 saturated heterocycles. The molecule has 1 fully saturated rings. The van der Waals surface area contributed by atoms with Crippen LogP contribution in [0.4, 0.5) is 0 Å². The number of rotatable bonds is 7. The van der Waals surface area contributed by atoms with E-state index in [9.17, 15) is 9.59 Å². The molecule has 0 unspecified atom stereocenters. The molecule has 35 heavy (non-hydrogen) atoms. The highest BCUT2D eigenvalue weighted by molar-refractivity contribution is 5.95. The first-order valence-corrected chi connectivity index (χ1v) is 12.2. The highest BCUT2D eigenvalue weighted by Gasteiger charge is 2.50. The number of ether oxygens (including phenoxy) is 2. The average Bonchev–Trinajstić information content (AvgIpc) is 3.54. The maximum Gasteiger partial charge on any atom is 0.253 e.